The molecule has 2 atom stereocenters. The van der Waals surface area contributed by atoms with Crippen LogP contribution in [0, 0.1) is 24.6 Å². The van der Waals surface area contributed by atoms with Gasteiger partial charge < -0.3 is 9.47 Å². The standard InChI is InChI=1S/C24H27FN2O3S/c1-15-5-7-18(8-6-15)31(29,30)23-14-26(4)21-11-22(20(25)10-19(21)24(23)28)27-12-16(2)9-17(3)13-27/h5-8,10-11,14,16-17H,9,12-13H2,1-4H3/t16-,17-/m1/s1. The normalized spacial score (nSPS) is 19.7. The number of nitrogens with zero attached hydrogens (tertiary/aromatic N) is 2. The van der Waals surface area contributed by atoms with Crippen LogP contribution in [0.5, 0.6) is 0 Å². The van der Waals surface area contributed by atoms with Crippen molar-refractivity contribution in [1.29, 1.82) is 0 Å². The number of halogens is 1. The van der Waals surface area contributed by atoms with Crippen molar-refractivity contribution in [2.75, 3.05) is 18.0 Å². The second-order valence-electron chi connectivity index (χ2n) is 8.92. The molecule has 3 aromatic rings. The highest BCUT2D eigenvalue weighted by Crippen LogP contribution is 2.31. The molecule has 1 fully saturated rings. The first-order valence-electron chi connectivity index (χ1n) is 10.5. The maximum atomic E-state index is 15.1. The third-order valence-corrected chi connectivity index (χ3v) is 7.82. The molecule has 1 saturated heterocycles. The second kappa shape index (κ2) is 7.79. The highest BCUT2D eigenvalue weighted by atomic mass is 32.2. The summed E-state index contributed by atoms with van der Waals surface area (Å²) < 4.78 is 43.0. The minimum Gasteiger partial charge on any atom is -0.369 e. The van der Waals surface area contributed by atoms with Crippen LogP contribution in [0.3, 0.4) is 0 Å². The smallest absolute Gasteiger partial charge is 0.211 e. The number of hydrogen-bond acceptors (Lipinski definition) is 4. The Hall–Kier alpha value is -2.67. The molecule has 5 nitrogen and oxygen atoms in total. The number of hydrogen-bond donors (Lipinski definition) is 0. The summed E-state index contributed by atoms with van der Waals surface area (Å²) in [7, 11) is -2.34. The zero-order valence-corrected chi connectivity index (χ0v) is 19.0. The Bertz CT molecular complexity index is 1300. The Labute approximate surface area is 182 Å². The topological polar surface area (TPSA) is 59.4 Å². The van der Waals surface area contributed by atoms with E-state index in [9.17, 15) is 13.2 Å². The van der Waals surface area contributed by atoms with E-state index in [1.54, 1.807) is 29.8 Å². The predicted octanol–water partition coefficient (Wildman–Crippen LogP) is 4.30. The molecule has 0 amide bonds. The molecule has 0 radical (unpaired) electrons. The first kappa shape index (κ1) is 21.6. The van der Waals surface area contributed by atoms with Crippen LogP contribution >= 0.6 is 0 Å². The average Bonchev–Trinajstić information content (AvgIpc) is 2.69. The fraction of sp³-hybridized carbons (Fsp3) is 0.375. The summed E-state index contributed by atoms with van der Waals surface area (Å²) in [5.74, 6) is 0.394. The van der Waals surface area contributed by atoms with Gasteiger partial charge in [-0.15, -0.1) is 0 Å². The van der Waals surface area contributed by atoms with Crippen molar-refractivity contribution in [2.24, 2.45) is 18.9 Å². The minimum absolute atomic E-state index is 0.0444. The number of fused-ring (bicyclic) bond motifs is 1. The predicted molar refractivity (Wildman–Crippen MR) is 121 cm³/mol. The highest BCUT2D eigenvalue weighted by Gasteiger charge is 2.27. The molecule has 0 aliphatic carbocycles. The van der Waals surface area contributed by atoms with Gasteiger partial charge in [-0.25, -0.2) is 12.8 Å². The summed E-state index contributed by atoms with van der Waals surface area (Å²) in [5, 5.41) is 0.0649. The SMILES string of the molecule is Cc1ccc(S(=O)(=O)c2cn(C)c3cc(N4C[C@H](C)C[C@@H](C)C4)c(F)cc3c2=O)cc1. The zero-order valence-electron chi connectivity index (χ0n) is 18.2. The van der Waals surface area contributed by atoms with Gasteiger partial charge in [-0.1, -0.05) is 31.5 Å². The van der Waals surface area contributed by atoms with Crippen LogP contribution in [0.1, 0.15) is 25.8 Å². The van der Waals surface area contributed by atoms with Crippen molar-refractivity contribution in [3.05, 3.63) is 64.2 Å². The van der Waals surface area contributed by atoms with Crippen molar-refractivity contribution >= 4 is 26.4 Å². The van der Waals surface area contributed by atoms with Crippen LogP contribution in [-0.4, -0.2) is 26.1 Å². The molecule has 0 spiro atoms. The molecule has 1 aromatic heterocycles. The molecule has 1 aliphatic heterocycles. The molecule has 0 saturated carbocycles. The van der Waals surface area contributed by atoms with E-state index in [0.29, 0.717) is 23.0 Å². The molecule has 164 valence electrons. The average molecular weight is 443 g/mol. The van der Waals surface area contributed by atoms with E-state index < -0.39 is 21.1 Å². The Kier molecular flexibility index (Phi) is 5.41. The summed E-state index contributed by atoms with van der Waals surface area (Å²) in [6.07, 6.45) is 2.44. The van der Waals surface area contributed by atoms with E-state index in [4.69, 9.17) is 0 Å². The van der Waals surface area contributed by atoms with E-state index in [-0.39, 0.29) is 15.2 Å². The highest BCUT2D eigenvalue weighted by molar-refractivity contribution is 7.91. The van der Waals surface area contributed by atoms with Gasteiger partial charge in [0.25, 0.3) is 0 Å². The first-order chi connectivity index (χ1) is 14.6. The molecule has 2 aromatic carbocycles. The van der Waals surface area contributed by atoms with Gasteiger partial charge in [0.15, 0.2) is 0 Å². The largest absolute Gasteiger partial charge is 0.369 e. The molecule has 7 heteroatoms. The molecular weight excluding hydrogens is 415 g/mol. The van der Waals surface area contributed by atoms with Gasteiger partial charge in [0.2, 0.25) is 15.3 Å². The van der Waals surface area contributed by atoms with Crippen LogP contribution in [0.25, 0.3) is 10.9 Å². The lowest BCUT2D eigenvalue weighted by Crippen LogP contribution is -2.39. The van der Waals surface area contributed by atoms with Crippen molar-refractivity contribution in [3.8, 4) is 0 Å². The molecule has 4 rings (SSSR count). The van der Waals surface area contributed by atoms with Gasteiger partial charge in [0.05, 0.1) is 21.5 Å². The molecule has 0 unspecified atom stereocenters. The number of aromatic nitrogens is 1. The minimum atomic E-state index is -4.02. The monoisotopic (exact) mass is 442 g/mol. The summed E-state index contributed by atoms with van der Waals surface area (Å²) in [5.41, 5.74) is 1.20. The van der Waals surface area contributed by atoms with E-state index in [0.717, 1.165) is 25.1 Å². The van der Waals surface area contributed by atoms with Gasteiger partial charge in [-0.05, 0) is 49.4 Å². The summed E-state index contributed by atoms with van der Waals surface area (Å²) in [6.45, 7) is 7.66. The molecule has 31 heavy (non-hydrogen) atoms. The van der Waals surface area contributed by atoms with Crippen LogP contribution in [0.15, 0.2) is 57.2 Å². The third kappa shape index (κ3) is 3.87. The number of aryl methyl sites for hydroxylation is 2. The van der Waals surface area contributed by atoms with Gasteiger partial charge in [-0.3, -0.25) is 4.79 Å². The van der Waals surface area contributed by atoms with Crippen molar-refractivity contribution in [2.45, 2.75) is 37.0 Å². The number of benzene rings is 2. The first-order valence-corrected chi connectivity index (χ1v) is 12.0. The zero-order chi connectivity index (χ0) is 22.5. The van der Waals surface area contributed by atoms with E-state index >= 15 is 4.39 Å². The molecule has 2 heterocycles. The lowest BCUT2D eigenvalue weighted by molar-refractivity contribution is 0.354. The lowest BCUT2D eigenvalue weighted by Gasteiger charge is -2.36. The van der Waals surface area contributed by atoms with Crippen molar-refractivity contribution in [1.82, 2.24) is 4.57 Å². The van der Waals surface area contributed by atoms with E-state index in [1.165, 1.54) is 24.4 Å². The van der Waals surface area contributed by atoms with Gasteiger partial charge in [0, 0.05) is 26.3 Å². The van der Waals surface area contributed by atoms with Crippen molar-refractivity contribution in [3.63, 3.8) is 0 Å². The molecular formula is C24H27FN2O3S. The summed E-state index contributed by atoms with van der Waals surface area (Å²) >= 11 is 0. The summed E-state index contributed by atoms with van der Waals surface area (Å²) in [6, 6.07) is 9.19. The fourth-order valence-electron chi connectivity index (χ4n) is 4.60. The molecule has 1 aliphatic rings. The molecule has 0 bridgehead atoms. The molecule has 0 N–H and O–H groups in total. The van der Waals surface area contributed by atoms with Crippen molar-refractivity contribution < 1.29 is 12.8 Å². The second-order valence-corrected chi connectivity index (χ2v) is 10.8. The van der Waals surface area contributed by atoms with Crippen LogP contribution < -0.4 is 10.3 Å². The lowest BCUT2D eigenvalue weighted by atomic mass is 9.91. The number of piperidine rings is 1. The number of rotatable bonds is 3. The Morgan fingerprint density at radius 3 is 2.26 bits per heavy atom. The number of sulfone groups is 1. The van der Waals surface area contributed by atoms with E-state index in [1.807, 2.05) is 11.8 Å². The van der Waals surface area contributed by atoms with Crippen LogP contribution in [0.2, 0.25) is 0 Å². The van der Waals surface area contributed by atoms with E-state index in [2.05, 4.69) is 13.8 Å². The summed E-state index contributed by atoms with van der Waals surface area (Å²) in [4.78, 5) is 14.9. The van der Waals surface area contributed by atoms with Gasteiger partial charge >= 0.3 is 0 Å². The van der Waals surface area contributed by atoms with Gasteiger partial charge in [-0.2, -0.15) is 0 Å². The quantitative estimate of drug-likeness (QED) is 0.607. The Balaban J connectivity index is 1.86. The Morgan fingerprint density at radius 1 is 1.03 bits per heavy atom. The maximum Gasteiger partial charge on any atom is 0.211 e. The number of anilines is 1. The van der Waals surface area contributed by atoms with Crippen LogP contribution in [0.4, 0.5) is 10.1 Å². The Morgan fingerprint density at radius 2 is 1.65 bits per heavy atom. The number of pyridine rings is 1. The third-order valence-electron chi connectivity index (χ3n) is 6.05. The van der Waals surface area contributed by atoms with Crippen LogP contribution in [-0.2, 0) is 16.9 Å². The fourth-order valence-corrected chi connectivity index (χ4v) is 6.00. The maximum absolute atomic E-state index is 15.1. The van der Waals surface area contributed by atoms with Gasteiger partial charge in [0.1, 0.15) is 10.7 Å².